The van der Waals surface area contributed by atoms with Crippen LogP contribution in [-0.2, 0) is 14.2 Å². The van der Waals surface area contributed by atoms with E-state index in [9.17, 15) is 4.79 Å². The lowest BCUT2D eigenvalue weighted by molar-refractivity contribution is -0.153. The van der Waals surface area contributed by atoms with Crippen LogP contribution in [0.2, 0.25) is 0 Å². The standard InChI is InChI=1S/C17H31N3O4/c1-13(10-17(2)23-8-9-24-17)11-18-16(21)20-5-4-15-14(12-20)19(3)6-7-22-15/h13-15H,4-12H2,1-3H3,(H,18,21)/t13-,14-,15+/m0/s1. The molecule has 0 aromatic carbocycles. The molecule has 0 radical (unpaired) electrons. The summed E-state index contributed by atoms with van der Waals surface area (Å²) in [5.74, 6) is -0.194. The number of carbonyl (C=O) groups is 1. The largest absolute Gasteiger partial charge is 0.375 e. The van der Waals surface area contributed by atoms with Gasteiger partial charge in [0.1, 0.15) is 0 Å². The number of urea groups is 1. The molecule has 3 aliphatic rings. The van der Waals surface area contributed by atoms with E-state index in [4.69, 9.17) is 14.2 Å². The van der Waals surface area contributed by atoms with Crippen LogP contribution in [0.15, 0.2) is 0 Å². The molecule has 3 atom stereocenters. The van der Waals surface area contributed by atoms with Gasteiger partial charge in [0.2, 0.25) is 0 Å². The molecule has 3 fully saturated rings. The van der Waals surface area contributed by atoms with E-state index in [1.165, 1.54) is 0 Å². The molecule has 0 aliphatic carbocycles. The van der Waals surface area contributed by atoms with Gasteiger partial charge in [0.05, 0.1) is 32.0 Å². The van der Waals surface area contributed by atoms with Crippen LogP contribution in [-0.4, -0.2) is 86.8 Å². The molecule has 0 aromatic rings. The van der Waals surface area contributed by atoms with Gasteiger partial charge in [0.25, 0.3) is 0 Å². The first-order valence-electron chi connectivity index (χ1n) is 9.09. The average molecular weight is 341 g/mol. The first kappa shape index (κ1) is 17.9. The first-order valence-corrected chi connectivity index (χ1v) is 9.09. The van der Waals surface area contributed by atoms with Crippen molar-refractivity contribution in [2.75, 3.05) is 53.0 Å². The van der Waals surface area contributed by atoms with E-state index in [0.29, 0.717) is 31.7 Å². The van der Waals surface area contributed by atoms with Crippen molar-refractivity contribution in [3.05, 3.63) is 0 Å². The molecule has 7 heteroatoms. The van der Waals surface area contributed by atoms with Crippen molar-refractivity contribution in [2.45, 2.75) is 44.6 Å². The van der Waals surface area contributed by atoms with E-state index in [-0.39, 0.29) is 12.1 Å². The highest BCUT2D eigenvalue weighted by molar-refractivity contribution is 5.74. The maximum absolute atomic E-state index is 12.5. The Balaban J connectivity index is 1.43. The summed E-state index contributed by atoms with van der Waals surface area (Å²) in [5, 5.41) is 3.07. The summed E-state index contributed by atoms with van der Waals surface area (Å²) in [7, 11) is 2.12. The molecule has 0 aromatic heterocycles. The van der Waals surface area contributed by atoms with Gasteiger partial charge >= 0.3 is 6.03 Å². The van der Waals surface area contributed by atoms with Crippen molar-refractivity contribution in [3.63, 3.8) is 0 Å². The Bertz CT molecular complexity index is 442. The fourth-order valence-electron chi connectivity index (χ4n) is 3.98. The summed E-state index contributed by atoms with van der Waals surface area (Å²) in [6.45, 7) is 9.27. The number of carbonyl (C=O) groups excluding carboxylic acids is 1. The molecule has 1 N–H and O–H groups in total. The third-order valence-corrected chi connectivity index (χ3v) is 5.37. The molecule has 7 nitrogen and oxygen atoms in total. The molecule has 0 bridgehead atoms. The second-order valence-electron chi connectivity index (χ2n) is 7.52. The summed E-state index contributed by atoms with van der Waals surface area (Å²) < 4.78 is 17.1. The predicted octanol–water partition coefficient (Wildman–Crippen LogP) is 0.890. The Morgan fingerprint density at radius 3 is 2.79 bits per heavy atom. The molecule has 3 saturated heterocycles. The number of hydrogen-bond acceptors (Lipinski definition) is 5. The van der Waals surface area contributed by atoms with Gasteiger partial charge < -0.3 is 24.4 Å². The van der Waals surface area contributed by atoms with E-state index in [1.807, 2.05) is 11.8 Å². The number of likely N-dealkylation sites (tertiary alicyclic amines) is 1. The number of ether oxygens (including phenoxy) is 3. The number of nitrogens with one attached hydrogen (secondary N) is 1. The Hall–Kier alpha value is -0.890. The zero-order chi connectivity index (χ0) is 17.2. The molecule has 3 aliphatic heterocycles. The predicted molar refractivity (Wildman–Crippen MR) is 89.8 cm³/mol. The van der Waals surface area contributed by atoms with Crippen LogP contribution in [0.4, 0.5) is 4.79 Å². The third-order valence-electron chi connectivity index (χ3n) is 5.37. The first-order chi connectivity index (χ1) is 11.5. The number of morpholine rings is 1. The van der Waals surface area contributed by atoms with E-state index in [2.05, 4.69) is 24.2 Å². The zero-order valence-electron chi connectivity index (χ0n) is 15.1. The molecule has 24 heavy (non-hydrogen) atoms. The molecule has 3 heterocycles. The minimum absolute atomic E-state index is 0.0256. The number of hydrogen-bond donors (Lipinski definition) is 1. The molecule has 0 saturated carbocycles. The Kier molecular flexibility index (Phi) is 5.64. The van der Waals surface area contributed by atoms with Crippen LogP contribution >= 0.6 is 0 Å². The van der Waals surface area contributed by atoms with Crippen LogP contribution in [0.3, 0.4) is 0 Å². The van der Waals surface area contributed by atoms with E-state index < -0.39 is 5.79 Å². The van der Waals surface area contributed by atoms with E-state index >= 15 is 0 Å². The quantitative estimate of drug-likeness (QED) is 0.823. The number of amides is 2. The molecule has 0 spiro atoms. The van der Waals surface area contributed by atoms with Crippen LogP contribution in [0.5, 0.6) is 0 Å². The van der Waals surface area contributed by atoms with Crippen molar-refractivity contribution in [1.82, 2.24) is 15.1 Å². The number of piperidine rings is 1. The monoisotopic (exact) mass is 341 g/mol. The lowest BCUT2D eigenvalue weighted by Crippen LogP contribution is -2.60. The number of likely N-dealkylation sites (N-methyl/N-ethyl adjacent to an activating group) is 1. The number of nitrogens with zero attached hydrogens (tertiary/aromatic N) is 2. The highest BCUT2D eigenvalue weighted by atomic mass is 16.7. The number of fused-ring (bicyclic) bond motifs is 1. The Morgan fingerprint density at radius 2 is 2.04 bits per heavy atom. The van der Waals surface area contributed by atoms with Gasteiger partial charge in [0, 0.05) is 32.6 Å². The van der Waals surface area contributed by atoms with Crippen LogP contribution in [0.25, 0.3) is 0 Å². The van der Waals surface area contributed by atoms with E-state index in [0.717, 1.165) is 39.1 Å². The highest BCUT2D eigenvalue weighted by Crippen LogP contribution is 2.26. The Labute approximate surface area is 144 Å². The summed E-state index contributed by atoms with van der Waals surface area (Å²) in [6, 6.07) is 0.340. The van der Waals surface area contributed by atoms with Crippen molar-refractivity contribution in [3.8, 4) is 0 Å². The summed E-state index contributed by atoms with van der Waals surface area (Å²) in [4.78, 5) is 16.7. The summed E-state index contributed by atoms with van der Waals surface area (Å²) in [5.41, 5.74) is 0. The van der Waals surface area contributed by atoms with Crippen molar-refractivity contribution >= 4 is 6.03 Å². The lowest BCUT2D eigenvalue weighted by Gasteiger charge is -2.45. The van der Waals surface area contributed by atoms with Gasteiger partial charge in [-0.2, -0.15) is 0 Å². The Morgan fingerprint density at radius 1 is 1.29 bits per heavy atom. The molecule has 3 rings (SSSR count). The normalized spacial score (nSPS) is 31.5. The van der Waals surface area contributed by atoms with Gasteiger partial charge in [-0.15, -0.1) is 0 Å². The van der Waals surface area contributed by atoms with Gasteiger partial charge in [-0.1, -0.05) is 6.92 Å². The van der Waals surface area contributed by atoms with Crippen LogP contribution in [0.1, 0.15) is 26.7 Å². The van der Waals surface area contributed by atoms with Gasteiger partial charge in [-0.05, 0) is 26.3 Å². The SMILES string of the molecule is C[C@H](CNC(=O)N1CC[C@H]2OCCN(C)[C@H]2C1)CC1(C)OCCO1. The smallest absolute Gasteiger partial charge is 0.317 e. The number of rotatable bonds is 4. The molecule has 0 unspecified atom stereocenters. The molecular formula is C17H31N3O4. The molecular weight excluding hydrogens is 310 g/mol. The molecule has 2 amide bonds. The minimum atomic E-state index is -0.495. The zero-order valence-corrected chi connectivity index (χ0v) is 15.1. The third kappa shape index (κ3) is 4.20. The fourth-order valence-corrected chi connectivity index (χ4v) is 3.98. The lowest BCUT2D eigenvalue weighted by atomic mass is 9.99. The van der Waals surface area contributed by atoms with Crippen LogP contribution in [0, 0.1) is 5.92 Å². The van der Waals surface area contributed by atoms with Crippen LogP contribution < -0.4 is 5.32 Å². The topological polar surface area (TPSA) is 63.3 Å². The van der Waals surface area contributed by atoms with Gasteiger partial charge in [0.15, 0.2) is 5.79 Å². The second kappa shape index (κ2) is 7.56. The van der Waals surface area contributed by atoms with Crippen molar-refractivity contribution in [1.29, 1.82) is 0 Å². The van der Waals surface area contributed by atoms with Crippen molar-refractivity contribution in [2.24, 2.45) is 5.92 Å². The fraction of sp³-hybridized carbons (Fsp3) is 0.941. The van der Waals surface area contributed by atoms with Gasteiger partial charge in [-0.3, -0.25) is 4.90 Å². The highest BCUT2D eigenvalue weighted by Gasteiger charge is 2.37. The maximum Gasteiger partial charge on any atom is 0.317 e. The minimum Gasteiger partial charge on any atom is -0.375 e. The summed E-state index contributed by atoms with van der Waals surface area (Å²) >= 11 is 0. The second-order valence-corrected chi connectivity index (χ2v) is 7.52. The maximum atomic E-state index is 12.5. The van der Waals surface area contributed by atoms with Crippen molar-refractivity contribution < 1.29 is 19.0 Å². The molecule has 138 valence electrons. The van der Waals surface area contributed by atoms with Gasteiger partial charge in [-0.25, -0.2) is 4.79 Å². The summed E-state index contributed by atoms with van der Waals surface area (Å²) in [6.07, 6.45) is 1.97. The van der Waals surface area contributed by atoms with E-state index in [1.54, 1.807) is 0 Å². The average Bonchev–Trinajstić information content (AvgIpc) is 2.99.